The predicted octanol–water partition coefficient (Wildman–Crippen LogP) is 1.43. The SMILES string of the molecule is NC(=O)c1nn(CC(=O)N2CCNCCC2C(=O)NCc2cccc(Cl)c2F)c2ccccc12. The Morgan fingerprint density at radius 2 is 1.97 bits per heavy atom. The van der Waals surface area contributed by atoms with Crippen molar-refractivity contribution < 1.29 is 18.8 Å². The quantitative estimate of drug-likeness (QED) is 0.486. The lowest BCUT2D eigenvalue weighted by atomic mass is 10.1. The molecule has 1 aromatic heterocycles. The number of primary amides is 1. The standard InChI is InChI=1S/C23H24ClFN6O3/c24-16-6-3-4-14(20(16)25)12-28-23(34)18-8-9-27-10-11-30(18)19(32)13-31-17-7-2-1-5-15(17)21(29-31)22(26)33/h1-7,18,27H,8-13H2,(H2,26,33)(H,28,34). The second-order valence-electron chi connectivity index (χ2n) is 7.96. The molecule has 11 heteroatoms. The molecule has 178 valence electrons. The maximum atomic E-state index is 14.2. The fourth-order valence-corrected chi connectivity index (χ4v) is 4.27. The fraction of sp³-hybridized carbons (Fsp3) is 0.304. The zero-order chi connectivity index (χ0) is 24.2. The van der Waals surface area contributed by atoms with Crippen LogP contribution in [0.5, 0.6) is 0 Å². The number of carbonyl (C=O) groups is 3. The molecule has 2 aromatic carbocycles. The van der Waals surface area contributed by atoms with Crippen molar-refractivity contribution in [2.24, 2.45) is 5.73 Å². The molecule has 2 heterocycles. The molecule has 0 saturated carbocycles. The number of aromatic nitrogens is 2. The monoisotopic (exact) mass is 486 g/mol. The van der Waals surface area contributed by atoms with Gasteiger partial charge in [0.05, 0.1) is 10.5 Å². The number of fused-ring (bicyclic) bond motifs is 1. The van der Waals surface area contributed by atoms with Crippen LogP contribution in [0.4, 0.5) is 4.39 Å². The number of nitrogens with two attached hydrogens (primary N) is 1. The van der Waals surface area contributed by atoms with Crippen LogP contribution in [0.1, 0.15) is 22.5 Å². The van der Waals surface area contributed by atoms with Gasteiger partial charge in [0.1, 0.15) is 18.4 Å². The Balaban J connectivity index is 1.52. The largest absolute Gasteiger partial charge is 0.364 e. The molecule has 1 atom stereocenters. The Morgan fingerprint density at radius 1 is 1.18 bits per heavy atom. The van der Waals surface area contributed by atoms with Crippen molar-refractivity contribution in [3.05, 3.63) is 64.6 Å². The maximum absolute atomic E-state index is 14.2. The fourth-order valence-electron chi connectivity index (χ4n) is 4.08. The summed E-state index contributed by atoms with van der Waals surface area (Å²) in [6, 6.07) is 10.8. The summed E-state index contributed by atoms with van der Waals surface area (Å²) < 4.78 is 15.6. The van der Waals surface area contributed by atoms with Crippen LogP contribution in [0, 0.1) is 5.82 Å². The van der Waals surface area contributed by atoms with Gasteiger partial charge in [-0.15, -0.1) is 0 Å². The first-order valence-corrected chi connectivity index (χ1v) is 11.2. The van der Waals surface area contributed by atoms with Gasteiger partial charge in [-0.1, -0.05) is 41.9 Å². The molecule has 4 N–H and O–H groups in total. The van der Waals surface area contributed by atoms with Crippen molar-refractivity contribution in [1.82, 2.24) is 25.3 Å². The zero-order valence-electron chi connectivity index (χ0n) is 18.3. The molecule has 3 amide bonds. The Morgan fingerprint density at radius 3 is 2.76 bits per heavy atom. The molecule has 1 aliphatic rings. The van der Waals surface area contributed by atoms with E-state index in [1.807, 2.05) is 0 Å². The number of nitrogens with zero attached hydrogens (tertiary/aromatic N) is 3. The van der Waals surface area contributed by atoms with E-state index < -0.39 is 17.8 Å². The Kier molecular flexibility index (Phi) is 7.09. The van der Waals surface area contributed by atoms with Gasteiger partial charge in [0.25, 0.3) is 5.91 Å². The highest BCUT2D eigenvalue weighted by atomic mass is 35.5. The number of hydrogen-bond acceptors (Lipinski definition) is 5. The van der Waals surface area contributed by atoms with Crippen LogP contribution in [0.2, 0.25) is 5.02 Å². The van der Waals surface area contributed by atoms with E-state index in [0.29, 0.717) is 37.0 Å². The van der Waals surface area contributed by atoms with Crippen LogP contribution in [0.15, 0.2) is 42.5 Å². The predicted molar refractivity (Wildman–Crippen MR) is 124 cm³/mol. The second-order valence-corrected chi connectivity index (χ2v) is 8.37. The Hall–Kier alpha value is -3.50. The van der Waals surface area contributed by atoms with Gasteiger partial charge in [0.15, 0.2) is 5.69 Å². The zero-order valence-corrected chi connectivity index (χ0v) is 19.0. The molecule has 0 radical (unpaired) electrons. The van der Waals surface area contributed by atoms with Crippen molar-refractivity contribution in [2.75, 3.05) is 19.6 Å². The lowest BCUT2D eigenvalue weighted by molar-refractivity contribution is -0.140. The average Bonchev–Trinajstić information content (AvgIpc) is 3.01. The second kappa shape index (κ2) is 10.2. The highest BCUT2D eigenvalue weighted by molar-refractivity contribution is 6.30. The van der Waals surface area contributed by atoms with Crippen molar-refractivity contribution in [1.29, 1.82) is 0 Å². The van der Waals surface area contributed by atoms with E-state index >= 15 is 0 Å². The topological polar surface area (TPSA) is 122 Å². The van der Waals surface area contributed by atoms with Gasteiger partial charge < -0.3 is 21.3 Å². The van der Waals surface area contributed by atoms with Crippen LogP contribution >= 0.6 is 11.6 Å². The van der Waals surface area contributed by atoms with Crippen LogP contribution in [-0.4, -0.2) is 58.1 Å². The summed E-state index contributed by atoms with van der Waals surface area (Å²) in [5, 5.41) is 10.7. The summed E-state index contributed by atoms with van der Waals surface area (Å²) >= 11 is 5.82. The third-order valence-electron chi connectivity index (χ3n) is 5.78. The molecule has 1 aliphatic heterocycles. The summed E-state index contributed by atoms with van der Waals surface area (Å²) in [6.45, 7) is 1.16. The summed E-state index contributed by atoms with van der Waals surface area (Å²) in [5.74, 6) is -2.00. The molecular weight excluding hydrogens is 463 g/mol. The number of benzene rings is 2. The van der Waals surface area contributed by atoms with Crippen LogP contribution in [0.3, 0.4) is 0 Å². The van der Waals surface area contributed by atoms with Crippen LogP contribution in [-0.2, 0) is 22.7 Å². The van der Waals surface area contributed by atoms with E-state index in [2.05, 4.69) is 15.7 Å². The molecule has 0 bridgehead atoms. The molecule has 0 spiro atoms. The molecule has 9 nitrogen and oxygen atoms in total. The van der Waals surface area contributed by atoms with E-state index in [4.69, 9.17) is 17.3 Å². The van der Waals surface area contributed by atoms with Crippen molar-refractivity contribution >= 4 is 40.2 Å². The van der Waals surface area contributed by atoms with Gasteiger partial charge in [-0.2, -0.15) is 5.10 Å². The minimum absolute atomic E-state index is 0.0241. The Labute approximate surface area is 200 Å². The third-order valence-corrected chi connectivity index (χ3v) is 6.08. The summed E-state index contributed by atoms with van der Waals surface area (Å²) in [6.07, 6.45) is 0.391. The number of hydrogen-bond donors (Lipinski definition) is 3. The lowest BCUT2D eigenvalue weighted by Crippen LogP contribution is -2.50. The average molecular weight is 487 g/mol. The molecule has 1 unspecified atom stereocenters. The first-order valence-electron chi connectivity index (χ1n) is 10.8. The molecule has 34 heavy (non-hydrogen) atoms. The molecular formula is C23H24ClFN6O3. The summed E-state index contributed by atoms with van der Waals surface area (Å²) in [4.78, 5) is 39.6. The van der Waals surface area contributed by atoms with Gasteiger partial charge in [-0.3, -0.25) is 19.1 Å². The lowest BCUT2D eigenvalue weighted by Gasteiger charge is -2.29. The normalized spacial score (nSPS) is 16.3. The summed E-state index contributed by atoms with van der Waals surface area (Å²) in [7, 11) is 0. The molecule has 0 aliphatic carbocycles. The molecule has 3 aromatic rings. The minimum Gasteiger partial charge on any atom is -0.364 e. The van der Waals surface area contributed by atoms with Crippen molar-refractivity contribution in [3.8, 4) is 0 Å². The number of halogens is 2. The number of nitrogens with one attached hydrogen (secondary N) is 2. The highest BCUT2D eigenvalue weighted by Crippen LogP contribution is 2.20. The first kappa shape index (κ1) is 23.7. The number of para-hydroxylation sites is 1. The molecule has 1 fully saturated rings. The van der Waals surface area contributed by atoms with Gasteiger partial charge in [-0.25, -0.2) is 4.39 Å². The van der Waals surface area contributed by atoms with Crippen molar-refractivity contribution in [2.45, 2.75) is 25.6 Å². The maximum Gasteiger partial charge on any atom is 0.269 e. The summed E-state index contributed by atoms with van der Waals surface area (Å²) in [5.41, 5.74) is 6.38. The van der Waals surface area contributed by atoms with Gasteiger partial charge in [0.2, 0.25) is 11.8 Å². The number of carbonyl (C=O) groups excluding carboxylic acids is 3. The van der Waals surface area contributed by atoms with Gasteiger partial charge in [-0.05, 0) is 25.1 Å². The number of amides is 3. The third kappa shape index (κ3) is 4.87. The van der Waals surface area contributed by atoms with E-state index in [-0.39, 0.29) is 41.2 Å². The van der Waals surface area contributed by atoms with E-state index in [0.717, 1.165) is 0 Å². The van der Waals surface area contributed by atoms with Gasteiger partial charge >= 0.3 is 0 Å². The smallest absolute Gasteiger partial charge is 0.269 e. The van der Waals surface area contributed by atoms with E-state index in [9.17, 15) is 18.8 Å². The van der Waals surface area contributed by atoms with E-state index in [1.54, 1.807) is 30.3 Å². The first-order chi connectivity index (χ1) is 16.4. The van der Waals surface area contributed by atoms with Gasteiger partial charge in [0, 0.05) is 30.6 Å². The number of rotatable bonds is 6. The van der Waals surface area contributed by atoms with Crippen LogP contribution < -0.4 is 16.4 Å². The Bertz CT molecular complexity index is 1250. The van der Waals surface area contributed by atoms with Crippen LogP contribution in [0.25, 0.3) is 10.9 Å². The highest BCUT2D eigenvalue weighted by Gasteiger charge is 2.31. The molecule has 4 rings (SSSR count). The van der Waals surface area contributed by atoms with Crippen molar-refractivity contribution in [3.63, 3.8) is 0 Å². The minimum atomic E-state index is -0.748. The van der Waals surface area contributed by atoms with E-state index in [1.165, 1.54) is 21.7 Å². The molecule has 1 saturated heterocycles.